The van der Waals surface area contributed by atoms with Gasteiger partial charge in [0.1, 0.15) is 6.26 Å². The molecule has 1 fully saturated rings. The van der Waals surface area contributed by atoms with Crippen LogP contribution in [0.15, 0.2) is 46.1 Å². The van der Waals surface area contributed by atoms with Crippen molar-refractivity contribution >= 4 is 11.9 Å². The van der Waals surface area contributed by atoms with Gasteiger partial charge in [0.15, 0.2) is 5.96 Å². The predicted molar refractivity (Wildman–Crippen MR) is 117 cm³/mol. The van der Waals surface area contributed by atoms with Crippen LogP contribution in [0.3, 0.4) is 0 Å². The van der Waals surface area contributed by atoms with Crippen molar-refractivity contribution in [2.24, 2.45) is 4.99 Å². The van der Waals surface area contributed by atoms with Crippen LogP contribution in [0.25, 0.3) is 0 Å². The summed E-state index contributed by atoms with van der Waals surface area (Å²) in [6.45, 7) is 11.0. The summed E-state index contributed by atoms with van der Waals surface area (Å²) in [4.78, 5) is 21.5. The number of rotatable bonds is 5. The average Bonchev–Trinajstić information content (AvgIpc) is 3.21. The van der Waals surface area contributed by atoms with Crippen molar-refractivity contribution in [1.82, 2.24) is 25.6 Å². The number of aromatic nitrogens is 1. The smallest absolute Gasteiger partial charge is 0.251 e. The number of carbonyl (C=O) groups excluding carboxylic acids is 1. The molecule has 2 N–H and O–H groups in total. The third-order valence-corrected chi connectivity index (χ3v) is 4.89. The molecule has 0 spiro atoms. The van der Waals surface area contributed by atoms with Crippen LogP contribution < -0.4 is 10.6 Å². The highest BCUT2D eigenvalue weighted by atomic mass is 16.5. The molecule has 0 aliphatic carbocycles. The Morgan fingerprint density at radius 1 is 1.20 bits per heavy atom. The van der Waals surface area contributed by atoms with E-state index < -0.39 is 0 Å². The summed E-state index contributed by atoms with van der Waals surface area (Å²) in [6.07, 6.45) is 1.61. The molecule has 30 heavy (non-hydrogen) atoms. The van der Waals surface area contributed by atoms with E-state index in [0.717, 1.165) is 49.9 Å². The van der Waals surface area contributed by atoms with Gasteiger partial charge in [0.25, 0.3) is 5.91 Å². The number of nitrogens with one attached hydrogen (secondary N) is 2. The first kappa shape index (κ1) is 21.8. The number of hydrogen-bond acceptors (Lipinski definition) is 5. The van der Waals surface area contributed by atoms with E-state index in [1.54, 1.807) is 13.3 Å². The maximum absolute atomic E-state index is 12.4. The summed E-state index contributed by atoms with van der Waals surface area (Å²) in [5.74, 6) is 0.817. The van der Waals surface area contributed by atoms with E-state index >= 15 is 0 Å². The zero-order valence-corrected chi connectivity index (χ0v) is 18.3. The Balaban J connectivity index is 1.51. The van der Waals surface area contributed by atoms with Gasteiger partial charge in [0.05, 0.1) is 5.69 Å². The normalized spacial score (nSPS) is 15.9. The van der Waals surface area contributed by atoms with Crippen LogP contribution in [0.1, 0.15) is 42.4 Å². The molecule has 2 heterocycles. The molecule has 8 nitrogen and oxygen atoms in total. The molecule has 1 aromatic heterocycles. The lowest BCUT2D eigenvalue weighted by molar-refractivity contribution is 0.0919. The minimum atomic E-state index is -0.261. The molecule has 0 bridgehead atoms. The lowest BCUT2D eigenvalue weighted by Gasteiger charge is -2.36. The Hall–Kier alpha value is -2.87. The average molecular weight is 413 g/mol. The second kappa shape index (κ2) is 9.75. The van der Waals surface area contributed by atoms with Gasteiger partial charge < -0.3 is 20.1 Å². The molecule has 1 aliphatic rings. The first-order chi connectivity index (χ1) is 14.3. The fraction of sp³-hybridized carbons (Fsp3) is 0.500. The SMILES string of the molecule is CN=C(NCc1cccc(C(=O)NC(C)(C)C)c1)N1CCN(Cc2ccon2)CC1. The van der Waals surface area contributed by atoms with Crippen molar-refractivity contribution in [3.63, 3.8) is 0 Å². The predicted octanol–water partition coefficient (Wildman–Crippen LogP) is 2.10. The third-order valence-electron chi connectivity index (χ3n) is 4.89. The molecule has 1 aromatic carbocycles. The number of carbonyl (C=O) groups is 1. The highest BCUT2D eigenvalue weighted by Crippen LogP contribution is 2.10. The van der Waals surface area contributed by atoms with Gasteiger partial charge in [-0.25, -0.2) is 0 Å². The van der Waals surface area contributed by atoms with Crippen molar-refractivity contribution in [3.05, 3.63) is 53.4 Å². The lowest BCUT2D eigenvalue weighted by Crippen LogP contribution is -2.52. The minimum absolute atomic E-state index is 0.0584. The topological polar surface area (TPSA) is 86.0 Å². The van der Waals surface area contributed by atoms with E-state index in [1.807, 2.05) is 51.1 Å². The summed E-state index contributed by atoms with van der Waals surface area (Å²) >= 11 is 0. The van der Waals surface area contributed by atoms with Gasteiger partial charge in [-0.3, -0.25) is 14.7 Å². The number of hydrogen-bond donors (Lipinski definition) is 2. The summed E-state index contributed by atoms with van der Waals surface area (Å²) in [6, 6.07) is 9.61. The number of amides is 1. The largest absolute Gasteiger partial charge is 0.364 e. The zero-order chi connectivity index (χ0) is 21.6. The molecular weight excluding hydrogens is 380 g/mol. The van der Waals surface area contributed by atoms with Gasteiger partial charge >= 0.3 is 0 Å². The summed E-state index contributed by atoms with van der Waals surface area (Å²) < 4.78 is 4.91. The first-order valence-electron chi connectivity index (χ1n) is 10.3. The van der Waals surface area contributed by atoms with Crippen LogP contribution in [0.2, 0.25) is 0 Å². The van der Waals surface area contributed by atoms with E-state index in [9.17, 15) is 4.79 Å². The van der Waals surface area contributed by atoms with Crippen LogP contribution >= 0.6 is 0 Å². The molecule has 162 valence electrons. The Morgan fingerprint density at radius 3 is 2.60 bits per heavy atom. The summed E-state index contributed by atoms with van der Waals surface area (Å²) in [7, 11) is 1.80. The Bertz CT molecular complexity index is 849. The van der Waals surface area contributed by atoms with Crippen LogP contribution in [-0.2, 0) is 13.1 Å². The van der Waals surface area contributed by atoms with E-state index in [1.165, 1.54) is 0 Å². The van der Waals surface area contributed by atoms with Gasteiger partial charge in [0.2, 0.25) is 0 Å². The molecule has 1 aliphatic heterocycles. The second-order valence-electron chi connectivity index (χ2n) is 8.56. The highest BCUT2D eigenvalue weighted by molar-refractivity contribution is 5.94. The first-order valence-corrected chi connectivity index (χ1v) is 10.3. The Morgan fingerprint density at radius 2 is 1.97 bits per heavy atom. The fourth-order valence-corrected chi connectivity index (χ4v) is 3.41. The van der Waals surface area contributed by atoms with Gasteiger partial charge in [-0.2, -0.15) is 0 Å². The number of guanidine groups is 1. The van der Waals surface area contributed by atoms with Gasteiger partial charge in [-0.1, -0.05) is 17.3 Å². The molecule has 1 saturated heterocycles. The number of aliphatic imine (C=N–C) groups is 1. The van der Waals surface area contributed by atoms with E-state index in [4.69, 9.17) is 4.52 Å². The van der Waals surface area contributed by atoms with E-state index in [2.05, 4.69) is 30.6 Å². The molecule has 0 saturated carbocycles. The van der Waals surface area contributed by atoms with Crippen molar-refractivity contribution in [2.45, 2.75) is 39.4 Å². The number of piperazine rings is 1. The Kier molecular flexibility index (Phi) is 7.10. The van der Waals surface area contributed by atoms with Crippen molar-refractivity contribution in [1.29, 1.82) is 0 Å². The molecule has 8 heteroatoms. The zero-order valence-electron chi connectivity index (χ0n) is 18.3. The van der Waals surface area contributed by atoms with Crippen molar-refractivity contribution in [3.8, 4) is 0 Å². The minimum Gasteiger partial charge on any atom is -0.364 e. The second-order valence-corrected chi connectivity index (χ2v) is 8.56. The molecule has 0 radical (unpaired) electrons. The standard InChI is InChI=1S/C22H32N6O2/c1-22(2,3)25-20(29)18-7-5-6-17(14-18)15-24-21(23-4)28-11-9-27(10-12-28)16-19-8-13-30-26-19/h5-8,13-14H,9-12,15-16H2,1-4H3,(H,23,24)(H,25,29). The van der Waals surface area contributed by atoms with Gasteiger partial charge in [-0.15, -0.1) is 0 Å². The molecular formula is C22H32N6O2. The maximum Gasteiger partial charge on any atom is 0.251 e. The van der Waals surface area contributed by atoms with Crippen LogP contribution in [0.5, 0.6) is 0 Å². The van der Waals surface area contributed by atoms with Crippen LogP contribution in [0.4, 0.5) is 0 Å². The fourth-order valence-electron chi connectivity index (χ4n) is 3.41. The quantitative estimate of drug-likeness (QED) is 0.578. The summed E-state index contributed by atoms with van der Waals surface area (Å²) in [5.41, 5.74) is 2.41. The monoisotopic (exact) mass is 412 g/mol. The number of nitrogens with zero attached hydrogens (tertiary/aromatic N) is 4. The molecule has 3 rings (SSSR count). The van der Waals surface area contributed by atoms with E-state index in [-0.39, 0.29) is 11.4 Å². The summed E-state index contributed by atoms with van der Waals surface area (Å²) in [5, 5.41) is 10.4. The highest BCUT2D eigenvalue weighted by Gasteiger charge is 2.20. The van der Waals surface area contributed by atoms with Crippen molar-refractivity contribution in [2.75, 3.05) is 33.2 Å². The van der Waals surface area contributed by atoms with Crippen LogP contribution in [0, 0.1) is 0 Å². The van der Waals surface area contributed by atoms with Gasteiger partial charge in [0, 0.05) is 63.5 Å². The third kappa shape index (κ3) is 6.32. The molecule has 0 unspecified atom stereocenters. The van der Waals surface area contributed by atoms with E-state index in [0.29, 0.717) is 12.1 Å². The molecule has 1 amide bonds. The van der Waals surface area contributed by atoms with Gasteiger partial charge in [-0.05, 0) is 38.5 Å². The van der Waals surface area contributed by atoms with Crippen molar-refractivity contribution < 1.29 is 9.32 Å². The maximum atomic E-state index is 12.4. The van der Waals surface area contributed by atoms with Crippen LogP contribution in [-0.4, -0.2) is 65.6 Å². The number of benzene rings is 1. The molecule has 0 atom stereocenters. The Labute approximate surface area is 178 Å². The lowest BCUT2D eigenvalue weighted by atomic mass is 10.1. The molecule has 2 aromatic rings.